The van der Waals surface area contributed by atoms with Gasteiger partial charge in [0.25, 0.3) is 0 Å². The lowest BCUT2D eigenvalue weighted by molar-refractivity contribution is -0.142. The standard InChI is InChI=1S/C20H19BrN2O4/c1-27-18-5-3-2-4-15(18)17-12-16(13-6-8-14(21)9-7-13)22-23(17)19(24)10-11-20(25)26/h2-9,12,17,22H,10-11H2,1H3,(H,25,26). The zero-order chi connectivity index (χ0) is 19.4. The topological polar surface area (TPSA) is 78.9 Å². The monoisotopic (exact) mass is 430 g/mol. The number of para-hydroxylation sites is 1. The van der Waals surface area contributed by atoms with E-state index in [1.165, 1.54) is 5.01 Å². The summed E-state index contributed by atoms with van der Waals surface area (Å²) < 4.78 is 6.40. The number of nitrogens with one attached hydrogen (secondary N) is 1. The molecule has 0 saturated heterocycles. The van der Waals surface area contributed by atoms with Crippen LogP contribution in [-0.2, 0) is 9.59 Å². The van der Waals surface area contributed by atoms with Crippen LogP contribution in [0.25, 0.3) is 5.70 Å². The third-order valence-electron chi connectivity index (χ3n) is 4.28. The third-order valence-corrected chi connectivity index (χ3v) is 4.81. The summed E-state index contributed by atoms with van der Waals surface area (Å²) in [6.45, 7) is 0. The second-order valence-corrected chi connectivity index (χ2v) is 6.96. The van der Waals surface area contributed by atoms with Gasteiger partial charge in [0.1, 0.15) is 11.8 Å². The van der Waals surface area contributed by atoms with Crippen LogP contribution < -0.4 is 10.2 Å². The molecule has 0 aliphatic carbocycles. The number of rotatable bonds is 6. The molecule has 27 heavy (non-hydrogen) atoms. The lowest BCUT2D eigenvalue weighted by atomic mass is 10.0. The van der Waals surface area contributed by atoms with Crippen LogP contribution in [0.2, 0.25) is 0 Å². The highest BCUT2D eigenvalue weighted by Gasteiger charge is 2.32. The predicted octanol–water partition coefficient (Wildman–Crippen LogP) is 3.75. The van der Waals surface area contributed by atoms with Gasteiger partial charge in [-0.3, -0.25) is 15.0 Å². The molecule has 1 unspecified atom stereocenters. The fraction of sp³-hybridized carbons (Fsp3) is 0.200. The van der Waals surface area contributed by atoms with Crippen molar-refractivity contribution in [1.82, 2.24) is 10.4 Å². The smallest absolute Gasteiger partial charge is 0.303 e. The Labute approximate surface area is 165 Å². The number of halogens is 1. The molecule has 2 aromatic carbocycles. The average molecular weight is 431 g/mol. The van der Waals surface area contributed by atoms with E-state index in [1.807, 2.05) is 54.6 Å². The summed E-state index contributed by atoms with van der Waals surface area (Å²) in [6, 6.07) is 14.8. The number of hydrogen-bond donors (Lipinski definition) is 2. The Bertz CT molecular complexity index is 880. The van der Waals surface area contributed by atoms with Gasteiger partial charge in [-0.05, 0) is 29.8 Å². The lowest BCUT2D eigenvalue weighted by Crippen LogP contribution is -2.39. The maximum atomic E-state index is 12.7. The van der Waals surface area contributed by atoms with Crippen LogP contribution in [0.3, 0.4) is 0 Å². The Morgan fingerprint density at radius 2 is 1.85 bits per heavy atom. The Balaban J connectivity index is 1.95. The van der Waals surface area contributed by atoms with Gasteiger partial charge in [0.05, 0.1) is 19.2 Å². The number of benzene rings is 2. The number of carbonyl (C=O) groups is 2. The summed E-state index contributed by atoms with van der Waals surface area (Å²) in [5.41, 5.74) is 5.66. The van der Waals surface area contributed by atoms with Crippen LogP contribution in [0.4, 0.5) is 0 Å². The molecule has 7 heteroatoms. The van der Waals surface area contributed by atoms with Crippen LogP contribution >= 0.6 is 15.9 Å². The molecule has 6 nitrogen and oxygen atoms in total. The van der Waals surface area contributed by atoms with E-state index in [0.29, 0.717) is 5.75 Å². The van der Waals surface area contributed by atoms with Gasteiger partial charge in [-0.1, -0.05) is 46.3 Å². The van der Waals surface area contributed by atoms with Crippen LogP contribution in [-0.4, -0.2) is 29.1 Å². The predicted molar refractivity (Wildman–Crippen MR) is 105 cm³/mol. The highest BCUT2D eigenvalue weighted by Crippen LogP contribution is 2.36. The molecule has 0 radical (unpaired) electrons. The molecule has 2 N–H and O–H groups in total. The molecule has 0 fully saturated rings. The van der Waals surface area contributed by atoms with Gasteiger partial charge in [0.15, 0.2) is 0 Å². The van der Waals surface area contributed by atoms with Gasteiger partial charge in [0, 0.05) is 16.5 Å². The highest BCUT2D eigenvalue weighted by molar-refractivity contribution is 9.10. The minimum absolute atomic E-state index is 0.0879. The first kappa shape index (κ1) is 19.0. The number of carboxylic acids is 1. The molecule has 1 aliphatic rings. The van der Waals surface area contributed by atoms with Gasteiger partial charge in [-0.2, -0.15) is 0 Å². The van der Waals surface area contributed by atoms with E-state index >= 15 is 0 Å². The SMILES string of the molecule is COc1ccccc1C1C=C(c2ccc(Br)cc2)NN1C(=O)CCC(=O)O. The molecular weight excluding hydrogens is 412 g/mol. The lowest BCUT2D eigenvalue weighted by Gasteiger charge is -2.26. The first-order valence-corrected chi connectivity index (χ1v) is 9.20. The van der Waals surface area contributed by atoms with Gasteiger partial charge in [0.2, 0.25) is 5.91 Å². The molecule has 1 aliphatic heterocycles. The van der Waals surface area contributed by atoms with E-state index in [9.17, 15) is 9.59 Å². The van der Waals surface area contributed by atoms with Crippen molar-refractivity contribution in [3.05, 3.63) is 70.2 Å². The Morgan fingerprint density at radius 3 is 2.52 bits per heavy atom. The minimum atomic E-state index is -1.00. The number of carbonyl (C=O) groups excluding carboxylic acids is 1. The van der Waals surface area contributed by atoms with Gasteiger partial charge in [-0.25, -0.2) is 5.01 Å². The van der Waals surface area contributed by atoms with E-state index in [1.54, 1.807) is 7.11 Å². The zero-order valence-corrected chi connectivity index (χ0v) is 16.3. The molecular formula is C20H19BrN2O4. The normalized spacial score (nSPS) is 15.9. The number of carboxylic acid groups (broad SMARTS) is 1. The number of amides is 1. The summed E-state index contributed by atoms with van der Waals surface area (Å²) >= 11 is 3.41. The molecule has 2 aromatic rings. The number of nitrogens with zero attached hydrogens (tertiary/aromatic N) is 1. The summed E-state index contributed by atoms with van der Waals surface area (Å²) in [5.74, 6) is -0.636. The minimum Gasteiger partial charge on any atom is -0.496 e. The van der Waals surface area contributed by atoms with Gasteiger partial charge < -0.3 is 9.84 Å². The van der Waals surface area contributed by atoms with E-state index in [0.717, 1.165) is 21.3 Å². The van der Waals surface area contributed by atoms with Crippen LogP contribution in [0.15, 0.2) is 59.1 Å². The number of hydrogen-bond acceptors (Lipinski definition) is 4. The summed E-state index contributed by atoms with van der Waals surface area (Å²) in [6.07, 6.45) is 1.64. The third kappa shape index (κ3) is 4.31. The number of aliphatic carboxylic acids is 1. The van der Waals surface area contributed by atoms with Crippen molar-refractivity contribution in [2.75, 3.05) is 7.11 Å². The van der Waals surface area contributed by atoms with Crippen molar-refractivity contribution >= 4 is 33.5 Å². The zero-order valence-electron chi connectivity index (χ0n) is 14.7. The van der Waals surface area contributed by atoms with Crippen molar-refractivity contribution < 1.29 is 19.4 Å². The average Bonchev–Trinajstić information content (AvgIpc) is 3.11. The molecule has 1 heterocycles. The Hall–Kier alpha value is -2.80. The van der Waals surface area contributed by atoms with Crippen molar-refractivity contribution in [2.24, 2.45) is 0 Å². The number of ether oxygens (including phenoxy) is 1. The quantitative estimate of drug-likeness (QED) is 0.729. The summed E-state index contributed by atoms with van der Waals surface area (Å²) in [4.78, 5) is 23.5. The van der Waals surface area contributed by atoms with E-state index in [2.05, 4.69) is 21.4 Å². The van der Waals surface area contributed by atoms with E-state index in [-0.39, 0.29) is 18.7 Å². The fourth-order valence-electron chi connectivity index (χ4n) is 2.95. The Morgan fingerprint density at radius 1 is 1.15 bits per heavy atom. The second kappa shape index (κ2) is 8.26. The van der Waals surface area contributed by atoms with Crippen molar-refractivity contribution in [3.8, 4) is 5.75 Å². The van der Waals surface area contributed by atoms with Crippen molar-refractivity contribution in [1.29, 1.82) is 0 Å². The molecule has 1 atom stereocenters. The number of hydrazine groups is 1. The van der Waals surface area contributed by atoms with E-state index < -0.39 is 12.0 Å². The maximum Gasteiger partial charge on any atom is 0.303 e. The first-order valence-electron chi connectivity index (χ1n) is 8.41. The van der Waals surface area contributed by atoms with Crippen molar-refractivity contribution in [3.63, 3.8) is 0 Å². The van der Waals surface area contributed by atoms with Crippen LogP contribution in [0, 0.1) is 0 Å². The first-order chi connectivity index (χ1) is 13.0. The highest BCUT2D eigenvalue weighted by atomic mass is 79.9. The molecule has 140 valence electrons. The van der Waals surface area contributed by atoms with Gasteiger partial charge >= 0.3 is 5.97 Å². The Kier molecular flexibility index (Phi) is 5.81. The number of methoxy groups -OCH3 is 1. The molecule has 3 rings (SSSR count). The molecule has 0 bridgehead atoms. The van der Waals surface area contributed by atoms with Crippen LogP contribution in [0.5, 0.6) is 5.75 Å². The largest absolute Gasteiger partial charge is 0.496 e. The molecule has 0 aromatic heterocycles. The molecule has 0 saturated carbocycles. The second-order valence-electron chi connectivity index (χ2n) is 6.04. The van der Waals surface area contributed by atoms with Gasteiger partial charge in [-0.15, -0.1) is 0 Å². The molecule has 0 spiro atoms. The summed E-state index contributed by atoms with van der Waals surface area (Å²) in [5, 5.41) is 10.4. The summed E-state index contributed by atoms with van der Waals surface area (Å²) in [7, 11) is 1.58. The maximum absolute atomic E-state index is 12.7. The molecule has 1 amide bonds. The van der Waals surface area contributed by atoms with E-state index in [4.69, 9.17) is 9.84 Å². The van der Waals surface area contributed by atoms with Crippen LogP contribution in [0.1, 0.15) is 30.0 Å². The van der Waals surface area contributed by atoms with Crippen molar-refractivity contribution in [2.45, 2.75) is 18.9 Å². The fourth-order valence-corrected chi connectivity index (χ4v) is 3.21.